The SMILES string of the molecule is CCCNc1ccnc(CSc2ccc(Br)cc2)c1. The van der Waals surface area contributed by atoms with Crippen molar-refractivity contribution >= 4 is 33.4 Å². The summed E-state index contributed by atoms with van der Waals surface area (Å²) in [5.74, 6) is 0.892. The van der Waals surface area contributed by atoms with Gasteiger partial charge in [-0.25, -0.2) is 0 Å². The first kappa shape index (κ1) is 14.4. The molecule has 2 aromatic rings. The van der Waals surface area contributed by atoms with Crippen LogP contribution in [0.3, 0.4) is 0 Å². The lowest BCUT2D eigenvalue weighted by atomic mass is 10.3. The molecule has 0 aliphatic rings. The Labute approximate surface area is 127 Å². The lowest BCUT2D eigenvalue weighted by Gasteiger charge is -2.06. The molecule has 0 bridgehead atoms. The Morgan fingerprint density at radius 1 is 1.21 bits per heavy atom. The Balaban J connectivity index is 1.93. The molecule has 100 valence electrons. The number of rotatable bonds is 6. The summed E-state index contributed by atoms with van der Waals surface area (Å²) < 4.78 is 1.11. The number of pyridine rings is 1. The van der Waals surface area contributed by atoms with Crippen LogP contribution in [-0.2, 0) is 5.75 Å². The third kappa shape index (κ3) is 4.88. The van der Waals surface area contributed by atoms with Gasteiger partial charge in [0.25, 0.3) is 0 Å². The van der Waals surface area contributed by atoms with Crippen molar-refractivity contribution in [1.29, 1.82) is 0 Å². The fourth-order valence-electron chi connectivity index (χ4n) is 1.62. The van der Waals surface area contributed by atoms with Gasteiger partial charge in [0.1, 0.15) is 0 Å². The van der Waals surface area contributed by atoms with Gasteiger partial charge >= 0.3 is 0 Å². The van der Waals surface area contributed by atoms with Crippen LogP contribution in [0, 0.1) is 0 Å². The van der Waals surface area contributed by atoms with E-state index in [-0.39, 0.29) is 0 Å². The summed E-state index contributed by atoms with van der Waals surface area (Å²) >= 11 is 5.25. The lowest BCUT2D eigenvalue weighted by molar-refractivity contribution is 0.977. The number of nitrogens with one attached hydrogen (secondary N) is 1. The van der Waals surface area contributed by atoms with E-state index in [1.165, 1.54) is 4.90 Å². The second-order valence-corrected chi connectivity index (χ2v) is 6.17. The first-order valence-electron chi connectivity index (χ1n) is 6.35. The van der Waals surface area contributed by atoms with Crippen LogP contribution < -0.4 is 5.32 Å². The molecular formula is C15H17BrN2S. The summed E-state index contributed by atoms with van der Waals surface area (Å²) in [5.41, 5.74) is 2.26. The maximum absolute atomic E-state index is 4.41. The summed E-state index contributed by atoms with van der Waals surface area (Å²) in [6, 6.07) is 12.5. The van der Waals surface area contributed by atoms with Crippen LogP contribution >= 0.6 is 27.7 Å². The fraction of sp³-hybridized carbons (Fsp3) is 0.267. The van der Waals surface area contributed by atoms with E-state index in [2.05, 4.69) is 63.5 Å². The third-order valence-electron chi connectivity index (χ3n) is 2.60. The molecule has 4 heteroatoms. The lowest BCUT2D eigenvalue weighted by Crippen LogP contribution is -2.00. The Hall–Kier alpha value is -1.00. The topological polar surface area (TPSA) is 24.9 Å². The van der Waals surface area contributed by atoms with Gasteiger partial charge in [0, 0.05) is 33.6 Å². The van der Waals surface area contributed by atoms with E-state index >= 15 is 0 Å². The van der Waals surface area contributed by atoms with E-state index in [4.69, 9.17) is 0 Å². The first-order valence-corrected chi connectivity index (χ1v) is 8.13. The van der Waals surface area contributed by atoms with Crippen molar-refractivity contribution in [3.8, 4) is 0 Å². The second kappa shape index (κ2) is 7.56. The molecule has 0 atom stereocenters. The predicted octanol–water partition coefficient (Wildman–Crippen LogP) is 4.96. The van der Waals surface area contributed by atoms with Crippen LogP contribution in [0.4, 0.5) is 5.69 Å². The molecule has 0 radical (unpaired) electrons. The van der Waals surface area contributed by atoms with Gasteiger partial charge in [0.05, 0.1) is 5.69 Å². The third-order valence-corrected chi connectivity index (χ3v) is 4.17. The zero-order valence-corrected chi connectivity index (χ0v) is 13.3. The molecule has 0 aliphatic carbocycles. The molecular weight excluding hydrogens is 320 g/mol. The number of aromatic nitrogens is 1. The van der Waals surface area contributed by atoms with Gasteiger partial charge in [-0.2, -0.15) is 0 Å². The average Bonchev–Trinajstić information content (AvgIpc) is 2.45. The van der Waals surface area contributed by atoms with Crippen molar-refractivity contribution in [3.05, 3.63) is 52.8 Å². The Kier molecular flexibility index (Phi) is 5.73. The Morgan fingerprint density at radius 2 is 2.00 bits per heavy atom. The van der Waals surface area contributed by atoms with Crippen molar-refractivity contribution in [3.63, 3.8) is 0 Å². The molecule has 0 unspecified atom stereocenters. The largest absolute Gasteiger partial charge is 0.385 e. The summed E-state index contributed by atoms with van der Waals surface area (Å²) in [6.07, 6.45) is 3.00. The molecule has 1 N–H and O–H groups in total. The number of hydrogen-bond acceptors (Lipinski definition) is 3. The van der Waals surface area contributed by atoms with Crippen LogP contribution in [0.5, 0.6) is 0 Å². The summed E-state index contributed by atoms with van der Waals surface area (Å²) in [4.78, 5) is 5.67. The number of thioether (sulfide) groups is 1. The molecule has 0 aliphatic heterocycles. The van der Waals surface area contributed by atoms with Crippen molar-refractivity contribution < 1.29 is 0 Å². The minimum atomic E-state index is 0.892. The zero-order valence-electron chi connectivity index (χ0n) is 10.9. The van der Waals surface area contributed by atoms with E-state index in [0.717, 1.165) is 34.6 Å². The predicted molar refractivity (Wildman–Crippen MR) is 86.7 cm³/mol. The van der Waals surface area contributed by atoms with Gasteiger partial charge in [-0.05, 0) is 42.8 Å². The quantitative estimate of drug-likeness (QED) is 0.754. The van der Waals surface area contributed by atoms with Crippen LogP contribution in [0.25, 0.3) is 0 Å². The van der Waals surface area contributed by atoms with Crippen molar-refractivity contribution in [2.24, 2.45) is 0 Å². The minimum Gasteiger partial charge on any atom is -0.385 e. The molecule has 0 saturated carbocycles. The van der Waals surface area contributed by atoms with Crippen molar-refractivity contribution in [2.45, 2.75) is 24.0 Å². The standard InChI is InChI=1S/C15H17BrN2S/c1-2-8-17-13-7-9-18-14(10-13)11-19-15-5-3-12(16)4-6-15/h3-7,9-10H,2,8,11H2,1H3,(H,17,18). The Morgan fingerprint density at radius 3 is 2.74 bits per heavy atom. The number of benzene rings is 1. The number of hydrogen-bond donors (Lipinski definition) is 1. The monoisotopic (exact) mass is 336 g/mol. The number of anilines is 1. The summed E-state index contributed by atoms with van der Waals surface area (Å²) in [5, 5.41) is 3.38. The highest BCUT2D eigenvalue weighted by Gasteiger charge is 1.99. The molecule has 19 heavy (non-hydrogen) atoms. The molecule has 1 aromatic heterocycles. The molecule has 1 heterocycles. The van der Waals surface area contributed by atoms with Gasteiger partial charge in [-0.1, -0.05) is 22.9 Å². The van der Waals surface area contributed by atoms with Crippen LogP contribution in [0.1, 0.15) is 19.0 Å². The zero-order chi connectivity index (χ0) is 13.5. The van der Waals surface area contributed by atoms with Gasteiger partial charge in [-0.15, -0.1) is 11.8 Å². The highest BCUT2D eigenvalue weighted by molar-refractivity contribution is 9.10. The molecule has 0 amide bonds. The van der Waals surface area contributed by atoms with Crippen molar-refractivity contribution in [1.82, 2.24) is 4.98 Å². The van der Waals surface area contributed by atoms with E-state index < -0.39 is 0 Å². The van der Waals surface area contributed by atoms with Crippen molar-refractivity contribution in [2.75, 3.05) is 11.9 Å². The van der Waals surface area contributed by atoms with Gasteiger partial charge in [0.2, 0.25) is 0 Å². The smallest absolute Gasteiger partial charge is 0.0526 e. The van der Waals surface area contributed by atoms with Crippen LogP contribution in [0.2, 0.25) is 0 Å². The normalized spacial score (nSPS) is 10.4. The van der Waals surface area contributed by atoms with E-state index in [1.807, 2.05) is 12.3 Å². The summed E-state index contributed by atoms with van der Waals surface area (Å²) in [7, 11) is 0. The highest BCUT2D eigenvalue weighted by Crippen LogP contribution is 2.24. The molecule has 0 saturated heterocycles. The second-order valence-electron chi connectivity index (χ2n) is 4.21. The van der Waals surface area contributed by atoms with E-state index in [9.17, 15) is 0 Å². The summed E-state index contributed by atoms with van der Waals surface area (Å²) in [6.45, 7) is 3.17. The maximum Gasteiger partial charge on any atom is 0.0526 e. The average molecular weight is 337 g/mol. The number of nitrogens with zero attached hydrogens (tertiary/aromatic N) is 1. The minimum absolute atomic E-state index is 0.892. The van der Waals surface area contributed by atoms with Gasteiger partial charge in [0.15, 0.2) is 0 Å². The number of halogens is 1. The maximum atomic E-state index is 4.41. The van der Waals surface area contributed by atoms with Crippen LogP contribution in [-0.4, -0.2) is 11.5 Å². The first-order chi connectivity index (χ1) is 9.28. The molecule has 0 fully saturated rings. The van der Waals surface area contributed by atoms with E-state index in [1.54, 1.807) is 11.8 Å². The van der Waals surface area contributed by atoms with Gasteiger partial charge < -0.3 is 5.32 Å². The molecule has 2 nitrogen and oxygen atoms in total. The van der Waals surface area contributed by atoms with Gasteiger partial charge in [-0.3, -0.25) is 4.98 Å². The highest BCUT2D eigenvalue weighted by atomic mass is 79.9. The Bertz CT molecular complexity index is 514. The molecule has 0 spiro atoms. The van der Waals surface area contributed by atoms with E-state index in [0.29, 0.717) is 0 Å². The fourth-order valence-corrected chi connectivity index (χ4v) is 2.69. The molecule has 2 rings (SSSR count). The molecule has 1 aromatic carbocycles. The van der Waals surface area contributed by atoms with Crippen LogP contribution in [0.15, 0.2) is 52.0 Å².